The number of hydrazine groups is 1. The van der Waals surface area contributed by atoms with Gasteiger partial charge in [-0.05, 0) is 12.1 Å². The van der Waals surface area contributed by atoms with Crippen molar-refractivity contribution >= 4 is 11.9 Å². The van der Waals surface area contributed by atoms with Crippen molar-refractivity contribution in [3.63, 3.8) is 0 Å². The molecule has 0 aromatic carbocycles. The van der Waals surface area contributed by atoms with Crippen molar-refractivity contribution in [3.05, 3.63) is 30.1 Å². The van der Waals surface area contributed by atoms with Crippen molar-refractivity contribution in [1.82, 2.24) is 19.9 Å². The van der Waals surface area contributed by atoms with Crippen LogP contribution in [0.3, 0.4) is 0 Å². The van der Waals surface area contributed by atoms with E-state index in [0.29, 0.717) is 12.5 Å². The Balaban J connectivity index is 1.95. The molecule has 0 bridgehead atoms. The first-order valence-corrected chi connectivity index (χ1v) is 5.72. The summed E-state index contributed by atoms with van der Waals surface area (Å²) in [6.45, 7) is 0.647. The molecule has 0 atom stereocenters. The molecule has 8 nitrogen and oxygen atoms in total. The van der Waals surface area contributed by atoms with Gasteiger partial charge in [-0.3, -0.25) is 10.4 Å². The fourth-order valence-corrected chi connectivity index (χ4v) is 1.44. The molecule has 0 radical (unpaired) electrons. The normalized spacial score (nSPS) is 10.0. The molecule has 0 saturated heterocycles. The van der Waals surface area contributed by atoms with Crippen LogP contribution < -0.4 is 21.3 Å². The van der Waals surface area contributed by atoms with Crippen LogP contribution in [0.25, 0.3) is 0 Å². The third-order valence-electron chi connectivity index (χ3n) is 2.32. The summed E-state index contributed by atoms with van der Waals surface area (Å²) in [5.74, 6) is 5.91. The zero-order valence-corrected chi connectivity index (χ0v) is 10.5. The number of rotatable bonds is 6. The van der Waals surface area contributed by atoms with Crippen molar-refractivity contribution in [2.45, 2.75) is 6.42 Å². The minimum absolute atomic E-state index is 0.197. The van der Waals surface area contributed by atoms with Crippen LogP contribution in [0.4, 0.5) is 11.9 Å². The minimum Gasteiger partial charge on any atom is -0.467 e. The Kier molecular flexibility index (Phi) is 4.40. The number of nitrogens with zero attached hydrogens (tertiary/aromatic N) is 4. The van der Waals surface area contributed by atoms with Crippen LogP contribution in [0.5, 0.6) is 6.01 Å². The molecule has 8 heteroatoms. The number of hydrogen-bond donors (Lipinski definition) is 3. The molecule has 2 aromatic heterocycles. The van der Waals surface area contributed by atoms with E-state index in [-0.39, 0.29) is 12.0 Å². The summed E-state index contributed by atoms with van der Waals surface area (Å²) in [6.07, 6.45) is 2.53. The van der Waals surface area contributed by atoms with E-state index in [1.807, 2.05) is 18.2 Å². The summed E-state index contributed by atoms with van der Waals surface area (Å²) < 4.78 is 4.95. The highest BCUT2D eigenvalue weighted by molar-refractivity contribution is 5.34. The maximum Gasteiger partial charge on any atom is 0.322 e. The van der Waals surface area contributed by atoms with Crippen molar-refractivity contribution < 1.29 is 4.74 Å². The van der Waals surface area contributed by atoms with E-state index in [4.69, 9.17) is 10.6 Å². The zero-order chi connectivity index (χ0) is 13.5. The van der Waals surface area contributed by atoms with Crippen LogP contribution in [0.15, 0.2) is 24.4 Å². The number of anilines is 2. The van der Waals surface area contributed by atoms with Gasteiger partial charge >= 0.3 is 6.01 Å². The number of nitrogen functional groups attached to an aromatic ring is 1. The Morgan fingerprint density at radius 1 is 1.21 bits per heavy atom. The maximum absolute atomic E-state index is 5.27. The molecule has 0 aliphatic heterocycles. The lowest BCUT2D eigenvalue weighted by Crippen LogP contribution is -2.15. The molecule has 100 valence electrons. The fraction of sp³-hybridized carbons (Fsp3) is 0.273. The van der Waals surface area contributed by atoms with Crippen molar-refractivity contribution in [2.75, 3.05) is 24.4 Å². The average molecular weight is 261 g/mol. The van der Waals surface area contributed by atoms with Gasteiger partial charge in [0, 0.05) is 24.9 Å². The number of nitrogens with one attached hydrogen (secondary N) is 2. The van der Waals surface area contributed by atoms with Crippen LogP contribution in [0, 0.1) is 0 Å². The number of nitrogens with two attached hydrogens (primary N) is 1. The lowest BCUT2D eigenvalue weighted by molar-refractivity contribution is 0.379. The van der Waals surface area contributed by atoms with Gasteiger partial charge < -0.3 is 10.1 Å². The molecule has 0 unspecified atom stereocenters. The second kappa shape index (κ2) is 6.45. The highest BCUT2D eigenvalue weighted by Crippen LogP contribution is 2.09. The SMILES string of the molecule is COc1nc(NN)nc(NCCc2ccccn2)n1. The van der Waals surface area contributed by atoms with Crippen molar-refractivity contribution in [1.29, 1.82) is 0 Å². The molecular formula is C11H15N7O. The van der Waals surface area contributed by atoms with Gasteiger partial charge in [0.1, 0.15) is 0 Å². The highest BCUT2D eigenvalue weighted by Gasteiger charge is 2.05. The molecule has 0 aliphatic carbocycles. The minimum atomic E-state index is 0.197. The zero-order valence-electron chi connectivity index (χ0n) is 10.5. The Morgan fingerprint density at radius 2 is 2.05 bits per heavy atom. The summed E-state index contributed by atoms with van der Waals surface area (Å²) in [5, 5.41) is 3.06. The predicted molar refractivity (Wildman–Crippen MR) is 70.6 cm³/mol. The number of methoxy groups -OCH3 is 1. The molecule has 0 aliphatic rings. The summed E-state index contributed by atoms with van der Waals surface area (Å²) >= 11 is 0. The summed E-state index contributed by atoms with van der Waals surface area (Å²) in [4.78, 5) is 16.3. The number of pyridine rings is 1. The third-order valence-corrected chi connectivity index (χ3v) is 2.32. The van der Waals surface area contributed by atoms with Gasteiger partial charge in [0.2, 0.25) is 11.9 Å². The molecule has 0 fully saturated rings. The van der Waals surface area contributed by atoms with Crippen LogP contribution >= 0.6 is 0 Å². The van der Waals surface area contributed by atoms with E-state index in [1.165, 1.54) is 7.11 Å². The van der Waals surface area contributed by atoms with E-state index < -0.39 is 0 Å². The molecule has 4 N–H and O–H groups in total. The highest BCUT2D eigenvalue weighted by atomic mass is 16.5. The quantitative estimate of drug-likeness (QED) is 0.500. The fourth-order valence-electron chi connectivity index (χ4n) is 1.44. The largest absolute Gasteiger partial charge is 0.467 e. The van der Waals surface area contributed by atoms with Crippen LogP contribution in [-0.2, 0) is 6.42 Å². The van der Waals surface area contributed by atoms with E-state index in [2.05, 4.69) is 30.7 Å². The number of ether oxygens (including phenoxy) is 1. The molecule has 2 rings (SSSR count). The topological polar surface area (TPSA) is 111 Å². The lowest BCUT2D eigenvalue weighted by Gasteiger charge is -2.07. The van der Waals surface area contributed by atoms with Gasteiger partial charge in [0.15, 0.2) is 0 Å². The van der Waals surface area contributed by atoms with Gasteiger partial charge in [0.25, 0.3) is 0 Å². The van der Waals surface area contributed by atoms with E-state index in [0.717, 1.165) is 12.1 Å². The van der Waals surface area contributed by atoms with Gasteiger partial charge in [-0.15, -0.1) is 0 Å². The monoisotopic (exact) mass is 261 g/mol. The third kappa shape index (κ3) is 3.75. The van der Waals surface area contributed by atoms with E-state index >= 15 is 0 Å². The number of hydrogen-bond acceptors (Lipinski definition) is 8. The predicted octanol–water partition coefficient (Wildman–Crippen LogP) is 0.215. The smallest absolute Gasteiger partial charge is 0.322 e. The number of aromatic nitrogens is 4. The standard InChI is InChI=1S/C11H15N7O/c1-19-11-16-9(15-10(17-11)18-12)14-7-5-8-4-2-3-6-13-8/h2-4,6H,5,7,12H2,1H3,(H2,14,15,16,17,18). The van der Waals surface area contributed by atoms with Gasteiger partial charge in [-0.2, -0.15) is 15.0 Å². The first kappa shape index (κ1) is 13.0. The van der Waals surface area contributed by atoms with E-state index in [1.54, 1.807) is 6.20 Å². The Morgan fingerprint density at radius 3 is 2.74 bits per heavy atom. The maximum atomic E-state index is 5.27. The molecule has 19 heavy (non-hydrogen) atoms. The Bertz CT molecular complexity index is 497. The van der Waals surface area contributed by atoms with E-state index in [9.17, 15) is 0 Å². The van der Waals surface area contributed by atoms with Crippen LogP contribution in [0.2, 0.25) is 0 Å². The van der Waals surface area contributed by atoms with Crippen molar-refractivity contribution in [3.8, 4) is 6.01 Å². The van der Waals surface area contributed by atoms with Gasteiger partial charge in [-0.25, -0.2) is 5.84 Å². The summed E-state index contributed by atoms with van der Waals surface area (Å²) in [7, 11) is 1.48. The first-order valence-electron chi connectivity index (χ1n) is 5.72. The first-order chi connectivity index (χ1) is 9.31. The molecule has 0 saturated carbocycles. The van der Waals surface area contributed by atoms with Crippen LogP contribution in [0.1, 0.15) is 5.69 Å². The molecule has 2 aromatic rings. The second-order valence-corrected chi connectivity index (χ2v) is 3.61. The van der Waals surface area contributed by atoms with Crippen LogP contribution in [-0.4, -0.2) is 33.6 Å². The summed E-state index contributed by atoms with van der Waals surface area (Å²) in [6, 6.07) is 5.99. The molecule has 2 heterocycles. The lowest BCUT2D eigenvalue weighted by atomic mass is 10.3. The molecular weight excluding hydrogens is 246 g/mol. The van der Waals surface area contributed by atoms with Crippen molar-refractivity contribution in [2.24, 2.45) is 5.84 Å². The molecule has 0 spiro atoms. The van der Waals surface area contributed by atoms with Gasteiger partial charge in [0.05, 0.1) is 7.11 Å². The second-order valence-electron chi connectivity index (χ2n) is 3.61. The molecule has 0 amide bonds. The Labute approximate surface area is 110 Å². The average Bonchev–Trinajstić information content (AvgIpc) is 2.48. The van der Waals surface area contributed by atoms with Gasteiger partial charge in [-0.1, -0.05) is 6.07 Å². The summed E-state index contributed by atoms with van der Waals surface area (Å²) in [5.41, 5.74) is 3.35. The Hall–Kier alpha value is -2.48.